The Balaban J connectivity index is 2.01. The maximum Gasteiger partial charge on any atom is 0.407 e. The molecule has 26 heavy (non-hydrogen) atoms. The molecule has 1 aromatic rings. The van der Waals surface area contributed by atoms with Crippen LogP contribution in [0.5, 0.6) is 5.75 Å². The number of esters is 1. The number of hydrogen-bond acceptors (Lipinski definition) is 6. The minimum Gasteiger partial charge on any atom is -0.497 e. The van der Waals surface area contributed by atoms with Crippen molar-refractivity contribution in [1.82, 2.24) is 10.6 Å². The van der Waals surface area contributed by atoms with Crippen LogP contribution in [0.25, 0.3) is 0 Å². The number of carbonyl (C=O) groups excluding carboxylic acids is 2. The van der Waals surface area contributed by atoms with Crippen LogP contribution in [0.1, 0.15) is 39.2 Å². The molecule has 0 aliphatic rings. The summed E-state index contributed by atoms with van der Waals surface area (Å²) >= 11 is 0. The fraction of sp³-hybridized carbons (Fsp3) is 0.579. The minimum absolute atomic E-state index is 0.227. The van der Waals surface area contributed by atoms with Crippen LogP contribution >= 0.6 is 0 Å². The predicted molar refractivity (Wildman–Crippen MR) is 99.1 cm³/mol. The van der Waals surface area contributed by atoms with Crippen molar-refractivity contribution < 1.29 is 23.8 Å². The minimum atomic E-state index is -0.496. The molecule has 0 fully saturated rings. The van der Waals surface area contributed by atoms with Crippen molar-refractivity contribution in [2.75, 3.05) is 26.7 Å². The van der Waals surface area contributed by atoms with Gasteiger partial charge in [0.25, 0.3) is 0 Å². The van der Waals surface area contributed by atoms with Gasteiger partial charge in [0, 0.05) is 19.5 Å². The second kappa shape index (κ2) is 11.4. The van der Waals surface area contributed by atoms with Crippen molar-refractivity contribution in [1.29, 1.82) is 0 Å². The molecule has 0 saturated carbocycles. The summed E-state index contributed by atoms with van der Waals surface area (Å²) < 4.78 is 15.4. The number of alkyl carbamates (subject to hydrolysis) is 1. The van der Waals surface area contributed by atoms with Gasteiger partial charge in [-0.05, 0) is 51.4 Å². The van der Waals surface area contributed by atoms with Gasteiger partial charge in [0.1, 0.15) is 18.0 Å². The highest BCUT2D eigenvalue weighted by Crippen LogP contribution is 2.12. The highest BCUT2D eigenvalue weighted by atomic mass is 16.6. The average molecular weight is 366 g/mol. The Labute approximate surface area is 155 Å². The van der Waals surface area contributed by atoms with Crippen LogP contribution in [0, 0.1) is 0 Å². The van der Waals surface area contributed by atoms with E-state index in [0.29, 0.717) is 32.5 Å². The van der Waals surface area contributed by atoms with Gasteiger partial charge in [0.05, 0.1) is 7.11 Å². The van der Waals surface area contributed by atoms with Crippen LogP contribution in [0.2, 0.25) is 0 Å². The lowest BCUT2D eigenvalue weighted by atomic mass is 10.2. The maximum atomic E-state index is 11.7. The van der Waals surface area contributed by atoms with Crippen molar-refractivity contribution >= 4 is 12.1 Å². The third-order valence-electron chi connectivity index (χ3n) is 3.26. The van der Waals surface area contributed by atoms with E-state index in [-0.39, 0.29) is 12.6 Å². The van der Waals surface area contributed by atoms with Crippen molar-refractivity contribution in [3.63, 3.8) is 0 Å². The molecule has 7 nitrogen and oxygen atoms in total. The monoisotopic (exact) mass is 366 g/mol. The first-order valence-electron chi connectivity index (χ1n) is 8.76. The maximum absolute atomic E-state index is 11.7. The predicted octanol–water partition coefficient (Wildman–Crippen LogP) is 2.63. The van der Waals surface area contributed by atoms with Gasteiger partial charge in [0.15, 0.2) is 0 Å². The van der Waals surface area contributed by atoms with E-state index in [1.807, 2.05) is 45.0 Å². The molecule has 0 heterocycles. The molecule has 0 radical (unpaired) electrons. The van der Waals surface area contributed by atoms with Gasteiger partial charge in [-0.15, -0.1) is 0 Å². The molecular weight excluding hydrogens is 336 g/mol. The zero-order valence-corrected chi connectivity index (χ0v) is 16.1. The molecule has 2 N–H and O–H groups in total. The fourth-order valence-electron chi connectivity index (χ4n) is 2.01. The highest BCUT2D eigenvalue weighted by Gasteiger charge is 2.15. The van der Waals surface area contributed by atoms with Crippen LogP contribution in [-0.2, 0) is 20.9 Å². The molecule has 0 unspecified atom stereocenters. The van der Waals surface area contributed by atoms with E-state index in [2.05, 4.69) is 10.6 Å². The Morgan fingerprint density at radius 3 is 2.35 bits per heavy atom. The number of rotatable bonds is 10. The zero-order chi connectivity index (χ0) is 19.4. The van der Waals surface area contributed by atoms with E-state index in [0.717, 1.165) is 11.3 Å². The molecule has 0 aromatic heterocycles. The molecule has 0 atom stereocenters. The van der Waals surface area contributed by atoms with E-state index in [1.165, 1.54) is 0 Å². The number of benzene rings is 1. The standard InChI is InChI=1S/C19H30N2O5/c1-19(2,3)26-18(23)21-13-12-20-11-5-6-17(22)25-14-15-7-9-16(24-4)10-8-15/h7-10,20H,5-6,11-14H2,1-4H3,(H,21,23). The summed E-state index contributed by atoms with van der Waals surface area (Å²) in [5, 5.41) is 5.81. The summed E-state index contributed by atoms with van der Waals surface area (Å²) in [6.45, 7) is 7.47. The molecular formula is C19H30N2O5. The average Bonchev–Trinajstić information content (AvgIpc) is 2.58. The normalized spacial score (nSPS) is 10.9. The smallest absolute Gasteiger partial charge is 0.407 e. The lowest BCUT2D eigenvalue weighted by molar-refractivity contribution is -0.145. The number of carbonyl (C=O) groups is 2. The summed E-state index contributed by atoms with van der Waals surface area (Å²) in [5.41, 5.74) is 0.425. The third kappa shape index (κ3) is 10.6. The van der Waals surface area contributed by atoms with E-state index >= 15 is 0 Å². The van der Waals surface area contributed by atoms with Crippen LogP contribution in [-0.4, -0.2) is 44.4 Å². The van der Waals surface area contributed by atoms with Crippen molar-refractivity contribution in [3.05, 3.63) is 29.8 Å². The first-order valence-corrected chi connectivity index (χ1v) is 8.76. The van der Waals surface area contributed by atoms with Gasteiger partial charge in [0.2, 0.25) is 0 Å². The lowest BCUT2D eigenvalue weighted by Crippen LogP contribution is -2.36. The summed E-state index contributed by atoms with van der Waals surface area (Å²) in [7, 11) is 1.61. The molecule has 146 valence electrons. The quantitative estimate of drug-likeness (QED) is 0.489. The topological polar surface area (TPSA) is 85.9 Å². The Morgan fingerprint density at radius 1 is 1.04 bits per heavy atom. The molecule has 0 saturated heterocycles. The molecule has 0 bridgehead atoms. The van der Waals surface area contributed by atoms with Crippen LogP contribution in [0.15, 0.2) is 24.3 Å². The Morgan fingerprint density at radius 2 is 1.73 bits per heavy atom. The molecule has 0 aliphatic carbocycles. The van der Waals surface area contributed by atoms with Crippen LogP contribution in [0.3, 0.4) is 0 Å². The fourth-order valence-corrected chi connectivity index (χ4v) is 2.01. The summed E-state index contributed by atoms with van der Waals surface area (Å²) in [4.78, 5) is 23.1. The molecule has 1 aromatic carbocycles. The van der Waals surface area contributed by atoms with Crippen LogP contribution < -0.4 is 15.4 Å². The van der Waals surface area contributed by atoms with Crippen molar-refractivity contribution in [2.24, 2.45) is 0 Å². The van der Waals surface area contributed by atoms with Crippen molar-refractivity contribution in [2.45, 2.75) is 45.8 Å². The third-order valence-corrected chi connectivity index (χ3v) is 3.26. The zero-order valence-electron chi connectivity index (χ0n) is 16.1. The number of methoxy groups -OCH3 is 1. The van der Waals surface area contributed by atoms with Crippen LogP contribution in [0.4, 0.5) is 4.79 Å². The number of ether oxygens (including phenoxy) is 3. The van der Waals surface area contributed by atoms with Gasteiger partial charge in [-0.1, -0.05) is 12.1 Å². The summed E-state index contributed by atoms with van der Waals surface area (Å²) in [6, 6.07) is 7.40. The molecule has 1 rings (SSSR count). The van der Waals surface area contributed by atoms with E-state index in [1.54, 1.807) is 7.11 Å². The Bertz CT molecular complexity index is 552. The number of amides is 1. The van der Waals surface area contributed by atoms with Gasteiger partial charge >= 0.3 is 12.1 Å². The van der Waals surface area contributed by atoms with Gasteiger partial charge in [-0.3, -0.25) is 4.79 Å². The van der Waals surface area contributed by atoms with E-state index in [4.69, 9.17) is 14.2 Å². The van der Waals surface area contributed by atoms with Gasteiger partial charge < -0.3 is 24.8 Å². The second-order valence-corrected chi connectivity index (χ2v) is 6.79. The van der Waals surface area contributed by atoms with Crippen molar-refractivity contribution in [3.8, 4) is 5.75 Å². The van der Waals surface area contributed by atoms with E-state index < -0.39 is 11.7 Å². The summed E-state index contributed by atoms with van der Waals surface area (Å²) in [5.74, 6) is 0.543. The second-order valence-electron chi connectivity index (χ2n) is 6.79. The largest absolute Gasteiger partial charge is 0.497 e. The Kier molecular flexibility index (Phi) is 9.51. The highest BCUT2D eigenvalue weighted by molar-refractivity contribution is 5.69. The summed E-state index contributed by atoms with van der Waals surface area (Å²) in [6.07, 6.45) is 0.595. The Hall–Kier alpha value is -2.28. The van der Waals surface area contributed by atoms with E-state index in [9.17, 15) is 9.59 Å². The first kappa shape index (κ1) is 21.8. The molecule has 0 aliphatic heterocycles. The molecule has 1 amide bonds. The lowest BCUT2D eigenvalue weighted by Gasteiger charge is -2.19. The molecule has 0 spiro atoms. The SMILES string of the molecule is COc1ccc(COC(=O)CCCNCCNC(=O)OC(C)(C)C)cc1. The van der Waals surface area contributed by atoms with Gasteiger partial charge in [-0.25, -0.2) is 4.79 Å². The first-order chi connectivity index (χ1) is 12.3. The van der Waals surface area contributed by atoms with Gasteiger partial charge in [-0.2, -0.15) is 0 Å². The number of hydrogen-bond donors (Lipinski definition) is 2. The number of nitrogens with one attached hydrogen (secondary N) is 2. The molecule has 7 heteroatoms.